The summed E-state index contributed by atoms with van der Waals surface area (Å²) in [7, 11) is 3.03. The van der Waals surface area contributed by atoms with Crippen LogP contribution in [0, 0.1) is 5.92 Å². The number of alkyl halides is 2. The molecule has 0 aliphatic carbocycles. The monoisotopic (exact) mass is 448 g/mol. The van der Waals surface area contributed by atoms with E-state index in [2.05, 4.69) is 10.1 Å². The minimum absolute atomic E-state index is 0.0155. The van der Waals surface area contributed by atoms with Gasteiger partial charge in [0.25, 0.3) is 0 Å². The first-order valence-corrected chi connectivity index (χ1v) is 10.2. The Balaban J connectivity index is 1.75. The lowest BCUT2D eigenvalue weighted by Crippen LogP contribution is -2.35. The van der Waals surface area contributed by atoms with Crippen LogP contribution in [0.1, 0.15) is 31.4 Å². The largest absolute Gasteiger partial charge is 0.497 e. The van der Waals surface area contributed by atoms with Crippen LogP contribution in [0.15, 0.2) is 42.5 Å². The summed E-state index contributed by atoms with van der Waals surface area (Å²) in [5.74, 6) is -0.0614. The molecule has 2 amide bonds. The van der Waals surface area contributed by atoms with E-state index >= 15 is 0 Å². The molecule has 0 aromatic heterocycles. The Kier molecular flexibility index (Phi) is 7.50. The molecule has 172 valence electrons. The molecular formula is C23H26F2N2O5. The Morgan fingerprint density at radius 2 is 1.91 bits per heavy atom. The molecule has 0 spiro atoms. The Bertz CT molecular complexity index is 969. The maximum Gasteiger partial charge on any atom is 0.387 e. The van der Waals surface area contributed by atoms with Gasteiger partial charge in [-0.25, -0.2) is 0 Å². The Morgan fingerprint density at radius 1 is 1.16 bits per heavy atom. The van der Waals surface area contributed by atoms with Crippen LogP contribution in [0.2, 0.25) is 0 Å². The molecule has 1 aliphatic heterocycles. The summed E-state index contributed by atoms with van der Waals surface area (Å²) < 4.78 is 40.7. The highest BCUT2D eigenvalue weighted by Gasteiger charge is 2.37. The smallest absolute Gasteiger partial charge is 0.387 e. The summed E-state index contributed by atoms with van der Waals surface area (Å²) >= 11 is 0. The fourth-order valence-electron chi connectivity index (χ4n) is 3.78. The second kappa shape index (κ2) is 10.3. The van der Waals surface area contributed by atoms with Gasteiger partial charge < -0.3 is 24.4 Å². The van der Waals surface area contributed by atoms with Gasteiger partial charge in [0.2, 0.25) is 11.8 Å². The second-order valence-electron chi connectivity index (χ2n) is 7.33. The lowest BCUT2D eigenvalue weighted by atomic mass is 10.0. The van der Waals surface area contributed by atoms with Crippen molar-refractivity contribution in [3.63, 3.8) is 0 Å². The van der Waals surface area contributed by atoms with Gasteiger partial charge in [-0.2, -0.15) is 8.78 Å². The highest BCUT2D eigenvalue weighted by atomic mass is 19.3. The number of hydrogen-bond donors (Lipinski definition) is 1. The fourth-order valence-corrected chi connectivity index (χ4v) is 3.78. The van der Waals surface area contributed by atoms with Gasteiger partial charge in [0, 0.05) is 24.6 Å². The van der Waals surface area contributed by atoms with Gasteiger partial charge in [0.1, 0.15) is 17.2 Å². The van der Waals surface area contributed by atoms with Gasteiger partial charge in [-0.05, 0) is 24.6 Å². The number of carbonyl (C=O) groups excluding carboxylic acids is 2. The van der Waals surface area contributed by atoms with Crippen molar-refractivity contribution >= 4 is 17.5 Å². The van der Waals surface area contributed by atoms with Crippen molar-refractivity contribution in [2.45, 2.75) is 32.4 Å². The number of hydrogen-bond acceptors (Lipinski definition) is 5. The molecule has 1 N–H and O–H groups in total. The molecule has 0 radical (unpaired) electrons. The molecule has 2 aromatic carbocycles. The molecule has 2 unspecified atom stereocenters. The summed E-state index contributed by atoms with van der Waals surface area (Å²) in [6.07, 6.45) is 0.499. The van der Waals surface area contributed by atoms with Crippen LogP contribution in [-0.2, 0) is 9.59 Å². The minimum Gasteiger partial charge on any atom is -0.497 e. The zero-order valence-electron chi connectivity index (χ0n) is 18.1. The normalized spacial score (nSPS) is 16.8. The standard InChI is InChI=1S/C23H26F2N2O5/c1-4-17(16-7-5-6-8-19(16)32-23(24)25)26-22(29)14-11-21(28)27(13-14)18-10-9-15(30-2)12-20(18)31-3/h5-10,12,14,17,23H,4,11,13H2,1-3H3,(H,26,29). The van der Waals surface area contributed by atoms with E-state index in [1.165, 1.54) is 25.2 Å². The second-order valence-corrected chi connectivity index (χ2v) is 7.33. The molecule has 32 heavy (non-hydrogen) atoms. The van der Waals surface area contributed by atoms with E-state index in [4.69, 9.17) is 9.47 Å². The molecule has 1 saturated heterocycles. The number of methoxy groups -OCH3 is 2. The van der Waals surface area contributed by atoms with Crippen molar-refractivity contribution in [1.82, 2.24) is 5.32 Å². The van der Waals surface area contributed by atoms with Crippen LogP contribution in [0.4, 0.5) is 14.5 Å². The maximum absolute atomic E-state index is 13.0. The van der Waals surface area contributed by atoms with Crippen molar-refractivity contribution in [2.24, 2.45) is 5.92 Å². The number of para-hydroxylation sites is 1. The number of anilines is 1. The molecule has 7 nitrogen and oxygen atoms in total. The number of carbonyl (C=O) groups is 2. The molecule has 2 atom stereocenters. The van der Waals surface area contributed by atoms with Crippen LogP contribution >= 0.6 is 0 Å². The van der Waals surface area contributed by atoms with Gasteiger partial charge in [0.15, 0.2) is 0 Å². The molecule has 3 rings (SSSR count). The summed E-state index contributed by atoms with van der Waals surface area (Å²) in [4.78, 5) is 27.1. The molecule has 1 heterocycles. The van der Waals surface area contributed by atoms with Gasteiger partial charge in [-0.3, -0.25) is 9.59 Å². The third kappa shape index (κ3) is 5.09. The molecule has 1 fully saturated rings. The third-order valence-corrected chi connectivity index (χ3v) is 5.41. The summed E-state index contributed by atoms with van der Waals surface area (Å²) in [5, 5.41) is 2.88. The molecule has 9 heteroatoms. The van der Waals surface area contributed by atoms with E-state index in [-0.39, 0.29) is 30.5 Å². The van der Waals surface area contributed by atoms with Gasteiger partial charge in [-0.1, -0.05) is 25.1 Å². The number of amides is 2. The number of ether oxygens (including phenoxy) is 3. The van der Waals surface area contributed by atoms with Crippen LogP contribution in [-0.4, -0.2) is 39.2 Å². The van der Waals surface area contributed by atoms with Crippen LogP contribution in [0.5, 0.6) is 17.2 Å². The maximum atomic E-state index is 13.0. The Morgan fingerprint density at radius 3 is 2.56 bits per heavy atom. The molecule has 2 aromatic rings. The van der Waals surface area contributed by atoms with Crippen molar-refractivity contribution < 1.29 is 32.6 Å². The van der Waals surface area contributed by atoms with Crippen molar-refractivity contribution in [1.29, 1.82) is 0 Å². The average Bonchev–Trinajstić information content (AvgIpc) is 3.18. The highest BCUT2D eigenvalue weighted by molar-refractivity contribution is 6.01. The van der Waals surface area contributed by atoms with E-state index in [0.29, 0.717) is 29.2 Å². The summed E-state index contributed by atoms with van der Waals surface area (Å²) in [5.41, 5.74) is 1.01. The minimum atomic E-state index is -2.97. The van der Waals surface area contributed by atoms with Gasteiger partial charge >= 0.3 is 6.61 Å². The van der Waals surface area contributed by atoms with Gasteiger partial charge in [0.05, 0.1) is 31.9 Å². The fraction of sp³-hybridized carbons (Fsp3) is 0.391. The van der Waals surface area contributed by atoms with Crippen molar-refractivity contribution in [2.75, 3.05) is 25.7 Å². The van der Waals surface area contributed by atoms with E-state index in [9.17, 15) is 18.4 Å². The highest BCUT2D eigenvalue weighted by Crippen LogP contribution is 2.36. The summed E-state index contributed by atoms with van der Waals surface area (Å²) in [6, 6.07) is 10.9. The molecule has 0 saturated carbocycles. The SMILES string of the molecule is CCC(NC(=O)C1CC(=O)N(c2ccc(OC)cc2OC)C1)c1ccccc1OC(F)F. The predicted molar refractivity (Wildman–Crippen MR) is 114 cm³/mol. The zero-order chi connectivity index (χ0) is 23.3. The third-order valence-electron chi connectivity index (χ3n) is 5.41. The predicted octanol–water partition coefficient (Wildman–Crippen LogP) is 3.93. The van der Waals surface area contributed by atoms with Crippen LogP contribution < -0.4 is 24.4 Å². The first-order valence-electron chi connectivity index (χ1n) is 10.2. The quantitative estimate of drug-likeness (QED) is 0.629. The lowest BCUT2D eigenvalue weighted by molar-refractivity contribution is -0.127. The number of nitrogens with zero attached hydrogens (tertiary/aromatic N) is 1. The van der Waals surface area contributed by atoms with Gasteiger partial charge in [-0.15, -0.1) is 0 Å². The van der Waals surface area contributed by atoms with E-state index in [1.807, 2.05) is 6.92 Å². The van der Waals surface area contributed by atoms with E-state index in [1.54, 1.807) is 36.4 Å². The van der Waals surface area contributed by atoms with Crippen LogP contribution in [0.3, 0.4) is 0 Å². The van der Waals surface area contributed by atoms with E-state index in [0.717, 1.165) is 0 Å². The number of benzene rings is 2. The number of rotatable bonds is 9. The number of nitrogens with one attached hydrogen (secondary N) is 1. The Labute approximate surface area is 185 Å². The Hall–Kier alpha value is -3.36. The van der Waals surface area contributed by atoms with Crippen LogP contribution in [0.25, 0.3) is 0 Å². The lowest BCUT2D eigenvalue weighted by Gasteiger charge is -2.23. The molecule has 1 aliphatic rings. The summed E-state index contributed by atoms with van der Waals surface area (Å²) in [6.45, 7) is -0.956. The zero-order valence-corrected chi connectivity index (χ0v) is 18.1. The molecular weight excluding hydrogens is 422 g/mol. The molecule has 0 bridgehead atoms. The first kappa shape index (κ1) is 23.3. The topological polar surface area (TPSA) is 77.1 Å². The van der Waals surface area contributed by atoms with Crippen molar-refractivity contribution in [3.8, 4) is 17.2 Å². The number of halogens is 2. The van der Waals surface area contributed by atoms with E-state index < -0.39 is 18.6 Å². The van der Waals surface area contributed by atoms with Crippen molar-refractivity contribution in [3.05, 3.63) is 48.0 Å². The first-order chi connectivity index (χ1) is 15.4. The average molecular weight is 448 g/mol.